The van der Waals surface area contributed by atoms with Gasteiger partial charge in [-0.05, 0) is 114 Å². The predicted molar refractivity (Wildman–Crippen MR) is 231 cm³/mol. The van der Waals surface area contributed by atoms with E-state index in [4.69, 9.17) is 0 Å². The van der Waals surface area contributed by atoms with Crippen LogP contribution in [0.15, 0.2) is 200 Å². The molecule has 0 atom stereocenters. The predicted octanol–water partition coefficient (Wildman–Crippen LogP) is 14.1. The zero-order valence-electron chi connectivity index (χ0n) is 31.0. The molecule has 1 heteroatoms. The lowest BCUT2D eigenvalue weighted by Crippen LogP contribution is -2.40. The molecule has 0 N–H and O–H groups in total. The van der Waals surface area contributed by atoms with Crippen molar-refractivity contribution < 1.29 is 0 Å². The fraction of sp³-hybridized carbons (Fsp3) is 0.0741. The summed E-state index contributed by atoms with van der Waals surface area (Å²) in [5.74, 6) is 0. The van der Waals surface area contributed by atoms with E-state index in [1.807, 2.05) is 0 Å². The maximum atomic E-state index is 2.45. The molecule has 0 aromatic heterocycles. The first-order valence-corrected chi connectivity index (χ1v) is 19.3. The molecule has 0 radical (unpaired) electrons. The van der Waals surface area contributed by atoms with Gasteiger partial charge in [0.1, 0.15) is 0 Å². The number of benzene rings is 9. The highest BCUT2D eigenvalue weighted by molar-refractivity contribution is 6.09. The molecular formula is C54H39N. The molecule has 11 rings (SSSR count). The van der Waals surface area contributed by atoms with Gasteiger partial charge in [0.05, 0.1) is 5.41 Å². The van der Waals surface area contributed by atoms with Crippen molar-refractivity contribution in [2.45, 2.75) is 24.7 Å². The molecule has 0 saturated carbocycles. The van der Waals surface area contributed by atoms with Crippen LogP contribution in [0.25, 0.3) is 43.8 Å². The molecule has 0 amide bonds. The van der Waals surface area contributed by atoms with E-state index in [0.29, 0.717) is 0 Å². The Kier molecular flexibility index (Phi) is 6.88. The van der Waals surface area contributed by atoms with Crippen molar-refractivity contribution in [1.82, 2.24) is 0 Å². The van der Waals surface area contributed by atoms with E-state index in [1.54, 1.807) is 0 Å². The summed E-state index contributed by atoms with van der Waals surface area (Å²) in [6.07, 6.45) is 0. The molecule has 0 fully saturated rings. The minimum absolute atomic E-state index is 0.128. The third-order valence-corrected chi connectivity index (χ3v) is 12.5. The summed E-state index contributed by atoms with van der Waals surface area (Å²) < 4.78 is 0. The zero-order valence-corrected chi connectivity index (χ0v) is 31.0. The molecule has 0 bridgehead atoms. The van der Waals surface area contributed by atoms with Crippen molar-refractivity contribution in [3.05, 3.63) is 234 Å². The molecule has 1 nitrogen and oxygen atoms in total. The van der Waals surface area contributed by atoms with E-state index in [0.717, 1.165) is 17.1 Å². The van der Waals surface area contributed by atoms with Crippen molar-refractivity contribution in [3.63, 3.8) is 0 Å². The molecular weight excluding hydrogens is 663 g/mol. The van der Waals surface area contributed by atoms with Gasteiger partial charge in [0.15, 0.2) is 0 Å². The van der Waals surface area contributed by atoms with Gasteiger partial charge in [-0.3, -0.25) is 0 Å². The van der Waals surface area contributed by atoms with Gasteiger partial charge in [0.25, 0.3) is 0 Å². The normalized spacial score (nSPS) is 14.3. The molecule has 0 saturated heterocycles. The van der Waals surface area contributed by atoms with E-state index in [2.05, 4.69) is 219 Å². The molecule has 9 aromatic rings. The van der Waals surface area contributed by atoms with E-state index in [-0.39, 0.29) is 5.41 Å². The third kappa shape index (κ3) is 4.53. The zero-order chi connectivity index (χ0) is 36.7. The summed E-state index contributed by atoms with van der Waals surface area (Å²) in [7, 11) is 0. The monoisotopic (exact) mass is 701 g/mol. The summed E-state index contributed by atoms with van der Waals surface area (Å²) in [6.45, 7) is 4.77. The topological polar surface area (TPSA) is 3.24 Å². The van der Waals surface area contributed by atoms with Crippen molar-refractivity contribution in [1.29, 1.82) is 0 Å². The summed E-state index contributed by atoms with van der Waals surface area (Å²) in [4.78, 5) is 2.45. The Bertz CT molecular complexity index is 2920. The molecule has 9 aromatic carbocycles. The second-order valence-electron chi connectivity index (χ2n) is 15.7. The van der Waals surface area contributed by atoms with Crippen LogP contribution < -0.4 is 4.90 Å². The first-order valence-electron chi connectivity index (χ1n) is 19.3. The second-order valence-corrected chi connectivity index (χ2v) is 15.7. The lowest BCUT2D eigenvalue weighted by atomic mass is 9.55. The van der Waals surface area contributed by atoms with E-state index in [9.17, 15) is 0 Å². The van der Waals surface area contributed by atoms with Gasteiger partial charge in [0, 0.05) is 22.5 Å². The van der Waals surface area contributed by atoms with Crippen LogP contribution in [0.1, 0.15) is 47.2 Å². The van der Waals surface area contributed by atoms with Crippen molar-refractivity contribution >= 4 is 38.6 Å². The van der Waals surface area contributed by atoms with Crippen LogP contribution in [0.4, 0.5) is 17.1 Å². The van der Waals surface area contributed by atoms with Gasteiger partial charge < -0.3 is 4.90 Å². The van der Waals surface area contributed by atoms with Gasteiger partial charge in [0.2, 0.25) is 0 Å². The number of hydrogen-bond donors (Lipinski definition) is 0. The summed E-state index contributed by atoms with van der Waals surface area (Å²) in [6, 6.07) is 74.5. The molecule has 2 aliphatic rings. The summed E-state index contributed by atoms with van der Waals surface area (Å²) >= 11 is 0. The Hall–Kier alpha value is -6.70. The quantitative estimate of drug-likeness (QED) is 0.165. The largest absolute Gasteiger partial charge is 0.310 e. The van der Waals surface area contributed by atoms with Gasteiger partial charge in [-0.25, -0.2) is 0 Å². The molecule has 0 heterocycles. The van der Waals surface area contributed by atoms with E-state index in [1.165, 1.54) is 77.2 Å². The Labute approximate surface area is 322 Å². The molecule has 260 valence electrons. The summed E-state index contributed by atoms with van der Waals surface area (Å²) in [5, 5.41) is 5.01. The highest BCUT2D eigenvalue weighted by Gasteiger charge is 2.53. The number of rotatable bonds is 4. The maximum Gasteiger partial charge on any atom is 0.0719 e. The number of nitrogens with zero attached hydrogens (tertiary/aromatic N) is 1. The van der Waals surface area contributed by atoms with Gasteiger partial charge >= 0.3 is 0 Å². The SMILES string of the molecule is CC1(C)c2ccccc2C2(c3ccccc3-c3cc(N(c4cccc(-c5ccccc5)c4)c4ccc5ccc6ccccc6c5c4)ccc32)c2ccccc21. The van der Waals surface area contributed by atoms with E-state index >= 15 is 0 Å². The average molecular weight is 702 g/mol. The van der Waals surface area contributed by atoms with Crippen LogP contribution in [0.3, 0.4) is 0 Å². The standard InChI is InChI=1S/C54H39N/c1-53(2)49-23-10-12-25-51(49)54(52-26-13-11-24-50(52)53)47-22-9-8-21-44(47)46-35-42(31-32-48(46)54)55(40-19-14-18-39(33-40)36-15-4-3-5-16-36)41-30-29-38-28-27-37-17-6-7-20-43(37)45(38)34-41/h3-35H,1-2H3. The van der Waals surface area contributed by atoms with Crippen LogP contribution in [0, 0.1) is 0 Å². The van der Waals surface area contributed by atoms with Crippen LogP contribution in [0.5, 0.6) is 0 Å². The molecule has 55 heavy (non-hydrogen) atoms. The fourth-order valence-electron chi connectivity index (χ4n) is 10.0. The number of fused-ring (bicyclic) bond motifs is 12. The van der Waals surface area contributed by atoms with Gasteiger partial charge in [-0.15, -0.1) is 0 Å². The lowest BCUT2D eigenvalue weighted by molar-refractivity contribution is 0.563. The second kappa shape index (κ2) is 11.9. The lowest BCUT2D eigenvalue weighted by Gasteiger charge is -2.46. The molecule has 0 unspecified atom stereocenters. The first-order chi connectivity index (χ1) is 27.0. The van der Waals surface area contributed by atoms with Crippen LogP contribution in [-0.4, -0.2) is 0 Å². The minimum Gasteiger partial charge on any atom is -0.310 e. The number of hydrogen-bond acceptors (Lipinski definition) is 1. The first kappa shape index (κ1) is 31.8. The number of anilines is 3. The highest BCUT2D eigenvalue weighted by Crippen LogP contribution is 2.62. The van der Waals surface area contributed by atoms with Gasteiger partial charge in [-0.1, -0.05) is 178 Å². The maximum absolute atomic E-state index is 2.45. The van der Waals surface area contributed by atoms with Crippen molar-refractivity contribution in [2.24, 2.45) is 0 Å². The minimum atomic E-state index is -0.424. The highest BCUT2D eigenvalue weighted by atomic mass is 15.1. The fourth-order valence-corrected chi connectivity index (χ4v) is 10.0. The average Bonchev–Trinajstić information content (AvgIpc) is 3.54. The smallest absolute Gasteiger partial charge is 0.0719 e. The Morgan fingerprint density at radius 3 is 1.62 bits per heavy atom. The summed E-state index contributed by atoms with van der Waals surface area (Å²) in [5.41, 5.74) is 16.1. The third-order valence-electron chi connectivity index (χ3n) is 12.5. The Morgan fingerprint density at radius 2 is 0.855 bits per heavy atom. The van der Waals surface area contributed by atoms with E-state index < -0.39 is 5.41 Å². The van der Waals surface area contributed by atoms with Crippen molar-refractivity contribution in [3.8, 4) is 22.3 Å². The van der Waals surface area contributed by atoms with Crippen LogP contribution in [0.2, 0.25) is 0 Å². The van der Waals surface area contributed by atoms with Crippen LogP contribution in [-0.2, 0) is 10.8 Å². The Morgan fingerprint density at radius 1 is 0.327 bits per heavy atom. The molecule has 1 spiro atoms. The Balaban J connectivity index is 1.18. The van der Waals surface area contributed by atoms with Crippen LogP contribution >= 0.6 is 0 Å². The molecule has 0 aliphatic heterocycles. The molecule has 2 aliphatic carbocycles. The van der Waals surface area contributed by atoms with Crippen molar-refractivity contribution in [2.75, 3.05) is 4.90 Å². The van der Waals surface area contributed by atoms with Gasteiger partial charge in [-0.2, -0.15) is 0 Å².